The highest BCUT2D eigenvalue weighted by atomic mass is 79.9. The first-order valence-electron chi connectivity index (χ1n) is 4.12. The minimum atomic E-state index is -0.746. The lowest BCUT2D eigenvalue weighted by atomic mass is 10.1. The zero-order chi connectivity index (χ0) is 9.97. The number of benzene rings is 1. The molecule has 1 atom stereocenters. The van der Waals surface area contributed by atoms with E-state index in [4.69, 9.17) is 0 Å². The third kappa shape index (κ3) is 1.71. The van der Waals surface area contributed by atoms with Crippen LogP contribution in [0.5, 0.6) is 0 Å². The summed E-state index contributed by atoms with van der Waals surface area (Å²) >= 11 is 3.36. The monoisotopic (exact) mass is 253 g/mol. The molecule has 1 aromatic heterocycles. The molecule has 2 rings (SSSR count). The van der Waals surface area contributed by atoms with Crippen LogP contribution in [0.25, 0.3) is 0 Å². The van der Waals surface area contributed by atoms with Crippen molar-refractivity contribution in [2.75, 3.05) is 0 Å². The van der Waals surface area contributed by atoms with E-state index in [-0.39, 0.29) is 0 Å². The summed E-state index contributed by atoms with van der Waals surface area (Å²) in [4.78, 5) is 0. The Morgan fingerprint density at radius 1 is 1.29 bits per heavy atom. The number of aliphatic hydroxyl groups excluding tert-OH is 1. The molecule has 2 aromatic rings. The van der Waals surface area contributed by atoms with Gasteiger partial charge in [-0.25, -0.2) is 0 Å². The van der Waals surface area contributed by atoms with Gasteiger partial charge in [0.25, 0.3) is 0 Å². The first kappa shape index (κ1) is 9.43. The predicted molar refractivity (Wildman–Crippen MR) is 54.7 cm³/mol. The highest BCUT2D eigenvalue weighted by Crippen LogP contribution is 2.26. The van der Waals surface area contributed by atoms with Crippen molar-refractivity contribution in [1.82, 2.24) is 5.16 Å². The molecule has 0 bridgehead atoms. The molecule has 0 amide bonds. The number of aliphatic hydroxyl groups is 1. The molecule has 72 valence electrons. The van der Waals surface area contributed by atoms with Gasteiger partial charge >= 0.3 is 0 Å². The van der Waals surface area contributed by atoms with Gasteiger partial charge < -0.3 is 9.63 Å². The maximum Gasteiger partial charge on any atom is 0.126 e. The lowest BCUT2D eigenvalue weighted by Gasteiger charge is -2.08. The summed E-state index contributed by atoms with van der Waals surface area (Å²) < 4.78 is 5.53. The maximum absolute atomic E-state index is 9.91. The van der Waals surface area contributed by atoms with E-state index in [1.165, 1.54) is 6.26 Å². The van der Waals surface area contributed by atoms with Crippen LogP contribution in [-0.2, 0) is 0 Å². The highest BCUT2D eigenvalue weighted by molar-refractivity contribution is 9.10. The van der Waals surface area contributed by atoms with Gasteiger partial charge in [-0.05, 0) is 6.07 Å². The zero-order valence-electron chi connectivity index (χ0n) is 7.22. The van der Waals surface area contributed by atoms with Crippen LogP contribution in [0.1, 0.15) is 17.4 Å². The molecule has 0 spiro atoms. The summed E-state index contributed by atoms with van der Waals surface area (Å²) in [6.07, 6.45) is 0.694. The molecule has 14 heavy (non-hydrogen) atoms. The number of hydrogen-bond donors (Lipinski definition) is 1. The van der Waals surface area contributed by atoms with Gasteiger partial charge in [0.1, 0.15) is 18.1 Å². The summed E-state index contributed by atoms with van der Waals surface area (Å²) in [6, 6.07) is 9.11. The van der Waals surface area contributed by atoms with Crippen molar-refractivity contribution < 1.29 is 9.63 Å². The van der Waals surface area contributed by atoms with Gasteiger partial charge in [-0.3, -0.25) is 0 Å². The fraction of sp³-hybridized carbons (Fsp3) is 0.100. The Bertz CT molecular complexity index is 414. The molecular formula is C10H8BrNO2. The molecule has 1 aromatic carbocycles. The van der Waals surface area contributed by atoms with Gasteiger partial charge in [0, 0.05) is 16.1 Å². The molecule has 4 heteroatoms. The summed E-state index contributed by atoms with van der Waals surface area (Å²) in [5.74, 6) is 0. The number of halogens is 1. The van der Waals surface area contributed by atoms with Crippen molar-refractivity contribution in [3.63, 3.8) is 0 Å². The van der Waals surface area contributed by atoms with Crippen LogP contribution in [0.15, 0.2) is 45.6 Å². The number of nitrogens with zero attached hydrogens (tertiary/aromatic N) is 1. The van der Waals surface area contributed by atoms with Crippen molar-refractivity contribution in [3.8, 4) is 0 Å². The summed E-state index contributed by atoms with van der Waals surface area (Å²) in [5.41, 5.74) is 1.29. The van der Waals surface area contributed by atoms with Crippen LogP contribution < -0.4 is 0 Å². The van der Waals surface area contributed by atoms with E-state index >= 15 is 0 Å². The van der Waals surface area contributed by atoms with E-state index in [2.05, 4.69) is 25.6 Å². The topological polar surface area (TPSA) is 46.3 Å². The van der Waals surface area contributed by atoms with Crippen molar-refractivity contribution in [1.29, 1.82) is 0 Å². The molecule has 0 saturated heterocycles. The summed E-state index contributed by atoms with van der Waals surface area (Å²) in [6.45, 7) is 0. The van der Waals surface area contributed by atoms with Crippen LogP contribution in [-0.4, -0.2) is 10.3 Å². The van der Waals surface area contributed by atoms with Crippen molar-refractivity contribution in [2.24, 2.45) is 0 Å². The molecule has 0 aliphatic heterocycles. The molecule has 1 N–H and O–H groups in total. The lowest BCUT2D eigenvalue weighted by Crippen LogP contribution is -2.00. The van der Waals surface area contributed by atoms with Gasteiger partial charge in [0.05, 0.1) is 0 Å². The Hall–Kier alpha value is -1.13. The van der Waals surface area contributed by atoms with Gasteiger partial charge in [-0.1, -0.05) is 39.3 Å². The largest absolute Gasteiger partial charge is 0.382 e. The molecule has 0 aliphatic rings. The van der Waals surface area contributed by atoms with E-state index in [1.807, 2.05) is 24.3 Å². The Kier molecular flexibility index (Phi) is 2.65. The molecule has 0 fully saturated rings. The second kappa shape index (κ2) is 3.94. The van der Waals surface area contributed by atoms with E-state index in [9.17, 15) is 5.11 Å². The second-order valence-corrected chi connectivity index (χ2v) is 3.70. The number of rotatable bonds is 2. The molecule has 1 unspecified atom stereocenters. The normalized spacial score (nSPS) is 12.7. The molecule has 0 aliphatic carbocycles. The fourth-order valence-electron chi connectivity index (χ4n) is 1.22. The lowest BCUT2D eigenvalue weighted by molar-refractivity contribution is 0.207. The Morgan fingerprint density at radius 2 is 2.07 bits per heavy atom. The Morgan fingerprint density at radius 3 is 2.71 bits per heavy atom. The number of hydrogen-bond acceptors (Lipinski definition) is 3. The summed E-state index contributed by atoms with van der Waals surface area (Å²) in [5, 5.41) is 13.6. The standard InChI is InChI=1S/C10H8BrNO2/c11-8-4-2-1-3-7(8)10(13)9-5-6-14-12-9/h1-6,10,13H. The van der Waals surface area contributed by atoms with E-state index in [1.54, 1.807) is 6.07 Å². The minimum Gasteiger partial charge on any atom is -0.382 e. The number of aromatic nitrogens is 1. The van der Waals surface area contributed by atoms with Crippen molar-refractivity contribution >= 4 is 15.9 Å². The van der Waals surface area contributed by atoms with Crippen LogP contribution in [0, 0.1) is 0 Å². The average molecular weight is 254 g/mol. The van der Waals surface area contributed by atoms with Gasteiger partial charge in [-0.2, -0.15) is 0 Å². The van der Waals surface area contributed by atoms with E-state index in [0.717, 1.165) is 10.0 Å². The third-order valence-corrected chi connectivity index (χ3v) is 2.66. The van der Waals surface area contributed by atoms with Gasteiger partial charge in [-0.15, -0.1) is 0 Å². The molecule has 1 heterocycles. The van der Waals surface area contributed by atoms with Crippen LogP contribution in [0.2, 0.25) is 0 Å². The average Bonchev–Trinajstić information content (AvgIpc) is 2.70. The quantitative estimate of drug-likeness (QED) is 0.895. The molecular weight excluding hydrogens is 246 g/mol. The first-order chi connectivity index (χ1) is 6.79. The maximum atomic E-state index is 9.91. The second-order valence-electron chi connectivity index (χ2n) is 2.85. The summed E-state index contributed by atoms with van der Waals surface area (Å²) in [7, 11) is 0. The minimum absolute atomic E-state index is 0.511. The van der Waals surface area contributed by atoms with Crippen LogP contribution >= 0.6 is 15.9 Å². The smallest absolute Gasteiger partial charge is 0.126 e. The molecule has 3 nitrogen and oxygen atoms in total. The molecule has 0 saturated carbocycles. The van der Waals surface area contributed by atoms with Crippen LogP contribution in [0.3, 0.4) is 0 Å². The van der Waals surface area contributed by atoms with Crippen LogP contribution in [0.4, 0.5) is 0 Å². The molecule has 0 radical (unpaired) electrons. The Labute approximate surface area is 89.5 Å². The first-order valence-corrected chi connectivity index (χ1v) is 4.91. The highest BCUT2D eigenvalue weighted by Gasteiger charge is 2.15. The SMILES string of the molecule is OC(c1ccon1)c1ccccc1Br. The predicted octanol–water partition coefficient (Wildman–Crippen LogP) is 2.52. The third-order valence-electron chi connectivity index (χ3n) is 1.94. The van der Waals surface area contributed by atoms with Gasteiger partial charge in [0.15, 0.2) is 0 Å². The zero-order valence-corrected chi connectivity index (χ0v) is 8.81. The van der Waals surface area contributed by atoms with Crippen molar-refractivity contribution in [3.05, 3.63) is 52.3 Å². The fourth-order valence-corrected chi connectivity index (χ4v) is 1.72. The Balaban J connectivity index is 2.37. The van der Waals surface area contributed by atoms with Gasteiger partial charge in [0.2, 0.25) is 0 Å². The van der Waals surface area contributed by atoms with E-state index < -0.39 is 6.10 Å². The van der Waals surface area contributed by atoms with E-state index in [0.29, 0.717) is 5.69 Å². The van der Waals surface area contributed by atoms with Crippen molar-refractivity contribution in [2.45, 2.75) is 6.10 Å².